The van der Waals surface area contributed by atoms with Gasteiger partial charge in [0.05, 0.1) is 0 Å². The zero-order valence-corrected chi connectivity index (χ0v) is 13.5. The lowest BCUT2D eigenvalue weighted by Gasteiger charge is -2.08. The van der Waals surface area contributed by atoms with Crippen molar-refractivity contribution in [3.63, 3.8) is 0 Å². The molecule has 1 N–H and O–H groups in total. The number of anilines is 1. The second-order valence-corrected chi connectivity index (χ2v) is 5.37. The zero-order valence-electron chi connectivity index (χ0n) is 13.5. The highest BCUT2D eigenvalue weighted by Crippen LogP contribution is 2.23. The third kappa shape index (κ3) is 4.42. The number of amides is 1. The first-order chi connectivity index (χ1) is 12.1. The van der Waals surface area contributed by atoms with Crippen LogP contribution in [-0.2, 0) is 11.3 Å². The maximum absolute atomic E-state index is 12.0. The molecular weight excluding hydrogens is 318 g/mol. The molecule has 0 unspecified atom stereocenters. The summed E-state index contributed by atoms with van der Waals surface area (Å²) in [6.45, 7) is 2.00. The van der Waals surface area contributed by atoms with Gasteiger partial charge in [-0.15, -0.1) is 5.10 Å². The average molecular weight is 333 g/mol. The van der Waals surface area contributed by atoms with Gasteiger partial charge in [0.2, 0.25) is 5.91 Å². The van der Waals surface area contributed by atoms with Gasteiger partial charge in [-0.25, -0.2) is 9.67 Å². The van der Waals surface area contributed by atoms with E-state index in [1.54, 1.807) is 24.3 Å². The van der Waals surface area contributed by atoms with Gasteiger partial charge >= 0.3 is 0 Å². The second kappa shape index (κ2) is 7.27. The molecule has 2 aromatic carbocycles. The Labute approximate surface area is 144 Å². The molecule has 25 heavy (non-hydrogen) atoms. The third-order valence-corrected chi connectivity index (χ3v) is 3.34. The summed E-state index contributed by atoms with van der Waals surface area (Å²) in [4.78, 5) is 15.7. The molecule has 0 saturated heterocycles. The zero-order chi connectivity index (χ0) is 17.6. The molecule has 7 heteroatoms. The number of nitrogens with one attached hydrogen (secondary N) is 1. The number of nitrogens with zero attached hydrogens (tertiary/aromatic N) is 4. The number of carbonyl (C=O) groups is 1. The number of hydrogen-bond donors (Lipinski definition) is 1. The van der Waals surface area contributed by atoms with Crippen LogP contribution in [0.4, 0.5) is 5.69 Å². The molecule has 0 radical (unpaired) electrons. The molecular formula is C18H15N5O2. The van der Waals surface area contributed by atoms with Gasteiger partial charge < -0.3 is 10.1 Å². The van der Waals surface area contributed by atoms with Gasteiger partial charge in [-0.05, 0) is 43.3 Å². The van der Waals surface area contributed by atoms with Gasteiger partial charge in [-0.2, -0.15) is 5.26 Å². The molecule has 3 aromatic rings. The molecule has 0 spiro atoms. The van der Waals surface area contributed by atoms with Gasteiger partial charge in [-0.1, -0.05) is 17.7 Å². The first-order valence-corrected chi connectivity index (χ1v) is 7.56. The Morgan fingerprint density at radius 1 is 1.16 bits per heavy atom. The summed E-state index contributed by atoms with van der Waals surface area (Å²) < 4.78 is 7.05. The molecule has 7 nitrogen and oxygen atoms in total. The minimum atomic E-state index is -0.262. The number of hydrogen-bond acceptors (Lipinski definition) is 5. The Hall–Kier alpha value is -3.66. The quantitative estimate of drug-likeness (QED) is 0.775. The predicted octanol–water partition coefficient (Wildman–Crippen LogP) is 2.89. The monoisotopic (exact) mass is 333 g/mol. The molecule has 124 valence electrons. The Morgan fingerprint density at radius 3 is 2.40 bits per heavy atom. The predicted molar refractivity (Wildman–Crippen MR) is 91.1 cm³/mol. The lowest BCUT2D eigenvalue weighted by molar-refractivity contribution is -0.116. The molecule has 3 rings (SSSR count). The van der Waals surface area contributed by atoms with Crippen molar-refractivity contribution in [3.05, 3.63) is 66.2 Å². The van der Waals surface area contributed by atoms with E-state index < -0.39 is 0 Å². The fourth-order valence-corrected chi connectivity index (χ4v) is 2.12. The summed E-state index contributed by atoms with van der Waals surface area (Å²) >= 11 is 0. The van der Waals surface area contributed by atoms with Crippen molar-refractivity contribution in [2.75, 3.05) is 5.32 Å². The van der Waals surface area contributed by atoms with Crippen LogP contribution >= 0.6 is 0 Å². The maximum atomic E-state index is 12.0. The molecule has 0 atom stereocenters. The van der Waals surface area contributed by atoms with Gasteiger partial charge in [0.1, 0.15) is 30.4 Å². The standard InChI is InChI=1S/C18H15N5O2/c1-13-2-6-15(7-3-13)25-16-8-4-14(5-9-16)21-18(24)11-23-12-20-17(10-19)22-23/h2-9,12H,11H2,1H3,(H,21,24). The average Bonchev–Trinajstić information content (AvgIpc) is 3.06. The Balaban J connectivity index is 1.57. The smallest absolute Gasteiger partial charge is 0.252 e. The second-order valence-electron chi connectivity index (χ2n) is 5.37. The largest absolute Gasteiger partial charge is 0.457 e. The van der Waals surface area contributed by atoms with Crippen LogP contribution in [0.2, 0.25) is 0 Å². The van der Waals surface area contributed by atoms with E-state index in [1.165, 1.54) is 16.6 Å². The molecule has 0 aliphatic heterocycles. The summed E-state index contributed by atoms with van der Waals surface area (Å²) in [5.41, 5.74) is 1.81. The number of aryl methyl sites for hydroxylation is 1. The molecule has 0 bridgehead atoms. The van der Waals surface area contributed by atoms with E-state index in [0.29, 0.717) is 11.4 Å². The van der Waals surface area contributed by atoms with Crippen molar-refractivity contribution in [1.29, 1.82) is 5.26 Å². The van der Waals surface area contributed by atoms with E-state index in [0.717, 1.165) is 5.75 Å². The van der Waals surface area contributed by atoms with Gasteiger partial charge in [0.15, 0.2) is 0 Å². The lowest BCUT2D eigenvalue weighted by atomic mass is 10.2. The van der Waals surface area contributed by atoms with Crippen molar-refractivity contribution >= 4 is 11.6 Å². The summed E-state index contributed by atoms with van der Waals surface area (Å²) in [6.07, 6.45) is 1.34. The Kier molecular flexibility index (Phi) is 4.72. The minimum absolute atomic E-state index is 0.0176. The molecule has 0 aliphatic carbocycles. The number of aromatic nitrogens is 3. The molecule has 0 fully saturated rings. The van der Waals surface area contributed by atoms with Crippen LogP contribution in [0.25, 0.3) is 0 Å². The molecule has 0 aliphatic rings. The first-order valence-electron chi connectivity index (χ1n) is 7.56. The van der Waals surface area contributed by atoms with Crippen LogP contribution in [0.5, 0.6) is 11.5 Å². The topological polar surface area (TPSA) is 92.8 Å². The number of nitriles is 1. The van der Waals surface area contributed by atoms with Crippen LogP contribution in [0.15, 0.2) is 54.9 Å². The van der Waals surface area contributed by atoms with E-state index in [2.05, 4.69) is 15.4 Å². The number of benzene rings is 2. The fraction of sp³-hybridized carbons (Fsp3) is 0.111. The van der Waals surface area contributed by atoms with E-state index >= 15 is 0 Å². The summed E-state index contributed by atoms with van der Waals surface area (Å²) in [7, 11) is 0. The van der Waals surface area contributed by atoms with Crippen LogP contribution in [0.1, 0.15) is 11.4 Å². The van der Waals surface area contributed by atoms with Gasteiger partial charge in [0, 0.05) is 5.69 Å². The van der Waals surface area contributed by atoms with E-state index in [-0.39, 0.29) is 18.3 Å². The van der Waals surface area contributed by atoms with Gasteiger partial charge in [-0.3, -0.25) is 4.79 Å². The van der Waals surface area contributed by atoms with Crippen LogP contribution in [-0.4, -0.2) is 20.7 Å². The molecule has 0 saturated carbocycles. The normalized spacial score (nSPS) is 10.1. The van der Waals surface area contributed by atoms with Crippen LogP contribution in [0.3, 0.4) is 0 Å². The number of rotatable bonds is 5. The Bertz CT molecular complexity index is 908. The number of carbonyl (C=O) groups excluding carboxylic acids is 1. The first kappa shape index (κ1) is 16.2. The molecule has 1 heterocycles. The molecule has 1 aromatic heterocycles. The minimum Gasteiger partial charge on any atom is -0.457 e. The van der Waals surface area contributed by atoms with Crippen LogP contribution in [0, 0.1) is 18.3 Å². The van der Waals surface area contributed by atoms with E-state index in [9.17, 15) is 4.79 Å². The van der Waals surface area contributed by atoms with Crippen molar-refractivity contribution < 1.29 is 9.53 Å². The highest BCUT2D eigenvalue weighted by Gasteiger charge is 2.06. The Morgan fingerprint density at radius 2 is 1.80 bits per heavy atom. The van der Waals surface area contributed by atoms with Crippen molar-refractivity contribution in [1.82, 2.24) is 14.8 Å². The highest BCUT2D eigenvalue weighted by atomic mass is 16.5. The lowest BCUT2D eigenvalue weighted by Crippen LogP contribution is -2.19. The van der Waals surface area contributed by atoms with Crippen molar-refractivity contribution in [3.8, 4) is 17.6 Å². The van der Waals surface area contributed by atoms with Crippen molar-refractivity contribution in [2.45, 2.75) is 13.5 Å². The third-order valence-electron chi connectivity index (χ3n) is 3.34. The van der Waals surface area contributed by atoms with Gasteiger partial charge in [0.25, 0.3) is 5.82 Å². The summed E-state index contributed by atoms with van der Waals surface area (Å²) in [5.74, 6) is 1.20. The van der Waals surface area contributed by atoms with E-state index in [4.69, 9.17) is 10.00 Å². The number of ether oxygens (including phenoxy) is 1. The van der Waals surface area contributed by atoms with Crippen molar-refractivity contribution in [2.24, 2.45) is 0 Å². The van der Waals surface area contributed by atoms with E-state index in [1.807, 2.05) is 37.3 Å². The SMILES string of the molecule is Cc1ccc(Oc2ccc(NC(=O)Cn3cnc(C#N)n3)cc2)cc1. The maximum Gasteiger partial charge on any atom is 0.252 e. The summed E-state index contributed by atoms with van der Waals surface area (Å²) in [5, 5.41) is 15.3. The highest BCUT2D eigenvalue weighted by molar-refractivity contribution is 5.90. The fourth-order valence-electron chi connectivity index (χ4n) is 2.12. The summed E-state index contributed by atoms with van der Waals surface area (Å²) in [6, 6.07) is 16.6. The van der Waals surface area contributed by atoms with Crippen LogP contribution < -0.4 is 10.1 Å². The molecule has 1 amide bonds.